The van der Waals surface area contributed by atoms with E-state index in [0.717, 1.165) is 45.6 Å². The predicted octanol–water partition coefficient (Wildman–Crippen LogP) is 6.72. The van der Waals surface area contributed by atoms with Gasteiger partial charge in [-0.1, -0.05) is 42.4 Å². The van der Waals surface area contributed by atoms with Crippen molar-refractivity contribution in [3.8, 4) is 0 Å². The van der Waals surface area contributed by atoms with E-state index in [4.69, 9.17) is 0 Å². The Kier molecular flexibility index (Phi) is 7.99. The summed E-state index contributed by atoms with van der Waals surface area (Å²) in [5, 5.41) is 6.78. The van der Waals surface area contributed by atoms with Crippen molar-refractivity contribution in [3.63, 3.8) is 0 Å². The monoisotopic (exact) mass is 536 g/mol. The van der Waals surface area contributed by atoms with Crippen LogP contribution in [0.4, 0.5) is 15.7 Å². The largest absolute Gasteiger partial charge is 0.339 e. The molecule has 8 nitrogen and oxygen atoms in total. The second-order valence-corrected chi connectivity index (χ2v) is 11.5. The molecule has 1 aromatic carbocycles. The number of H-pyrrole nitrogens is 1. The van der Waals surface area contributed by atoms with E-state index in [1.807, 2.05) is 18.2 Å². The molecule has 0 bridgehead atoms. The average Bonchev–Trinajstić information content (AvgIpc) is 3.67. The molecule has 1 aliphatic carbocycles. The maximum absolute atomic E-state index is 13.0. The van der Waals surface area contributed by atoms with Crippen LogP contribution in [0.2, 0.25) is 0 Å². The molecular formula is C25H24N6O2S3. The van der Waals surface area contributed by atoms with Gasteiger partial charge in [0.1, 0.15) is 5.82 Å². The third-order valence-corrected chi connectivity index (χ3v) is 8.86. The molecule has 3 aromatic heterocycles. The van der Waals surface area contributed by atoms with Crippen molar-refractivity contribution >= 4 is 57.6 Å². The first-order chi connectivity index (χ1) is 17.7. The normalized spacial score (nSPS) is 13.6. The molecule has 2 amide bonds. The van der Waals surface area contributed by atoms with Crippen LogP contribution in [0.5, 0.6) is 0 Å². The molecule has 0 radical (unpaired) electrons. The summed E-state index contributed by atoms with van der Waals surface area (Å²) in [4.78, 5) is 43.3. The van der Waals surface area contributed by atoms with Crippen molar-refractivity contribution in [2.75, 3.05) is 10.6 Å². The van der Waals surface area contributed by atoms with Gasteiger partial charge in [0.25, 0.3) is 0 Å². The van der Waals surface area contributed by atoms with E-state index >= 15 is 0 Å². The van der Waals surface area contributed by atoms with Gasteiger partial charge in [0.15, 0.2) is 16.1 Å². The zero-order valence-corrected chi connectivity index (χ0v) is 21.7. The number of aromatic amines is 1. The van der Waals surface area contributed by atoms with Crippen molar-refractivity contribution < 1.29 is 9.59 Å². The molecule has 0 atom stereocenters. The van der Waals surface area contributed by atoms with Crippen molar-refractivity contribution in [2.45, 2.75) is 45.7 Å². The SMILES string of the molecule is O=C(Nc1nc(CSc2ccccc2)c(Sc2ncc[nH]2)s1)Nc1ncccc1C(=O)C1CCCC1. The van der Waals surface area contributed by atoms with Crippen molar-refractivity contribution in [1.82, 2.24) is 19.9 Å². The number of rotatable bonds is 9. The Morgan fingerprint density at radius 3 is 2.64 bits per heavy atom. The maximum atomic E-state index is 13.0. The minimum Gasteiger partial charge on any atom is -0.339 e. The molecule has 1 fully saturated rings. The van der Waals surface area contributed by atoms with E-state index in [1.165, 1.54) is 23.1 Å². The number of Topliss-reactive ketones (excluding diaryl/α,β-unsaturated/α-hetero) is 1. The first-order valence-electron chi connectivity index (χ1n) is 11.6. The van der Waals surface area contributed by atoms with Gasteiger partial charge in [0.05, 0.1) is 15.5 Å². The number of thioether (sulfide) groups is 1. The van der Waals surface area contributed by atoms with Crippen LogP contribution in [0.25, 0.3) is 0 Å². The summed E-state index contributed by atoms with van der Waals surface area (Å²) in [6.45, 7) is 0. The third-order valence-electron chi connectivity index (χ3n) is 5.69. The van der Waals surface area contributed by atoms with E-state index < -0.39 is 6.03 Å². The van der Waals surface area contributed by atoms with E-state index in [-0.39, 0.29) is 17.5 Å². The van der Waals surface area contributed by atoms with Gasteiger partial charge in [0.2, 0.25) is 0 Å². The highest BCUT2D eigenvalue weighted by Gasteiger charge is 2.26. The standard InChI is InChI=1S/C25H24N6O2S3/c32-20(16-7-4-5-8-16)18-11-6-12-26-21(18)30-23(33)31-25-29-19(15-34-17-9-2-1-3-10-17)22(36-25)35-24-27-13-14-28-24/h1-3,6,9-14,16H,4-5,7-8,15H2,(H,27,28)(H2,26,29,30,31,33). The number of pyridine rings is 1. The molecule has 0 saturated heterocycles. The molecular weight excluding hydrogens is 513 g/mol. The number of ketones is 1. The Hall–Kier alpha value is -3.15. The molecule has 184 valence electrons. The van der Waals surface area contributed by atoms with Gasteiger partial charge in [-0.15, -0.1) is 11.8 Å². The van der Waals surface area contributed by atoms with Crippen LogP contribution in [0.3, 0.4) is 0 Å². The molecule has 0 aliphatic heterocycles. The quantitative estimate of drug-likeness (QED) is 0.161. The summed E-state index contributed by atoms with van der Waals surface area (Å²) in [5.74, 6) is 0.964. The highest BCUT2D eigenvalue weighted by Crippen LogP contribution is 2.38. The first kappa shape index (κ1) is 24.5. The van der Waals surface area contributed by atoms with Crippen LogP contribution in [0.15, 0.2) is 75.3 Å². The molecule has 1 aliphatic rings. The average molecular weight is 537 g/mol. The third kappa shape index (κ3) is 6.15. The van der Waals surface area contributed by atoms with Crippen LogP contribution < -0.4 is 10.6 Å². The van der Waals surface area contributed by atoms with Gasteiger partial charge in [0, 0.05) is 35.2 Å². The lowest BCUT2D eigenvalue weighted by molar-refractivity contribution is 0.0923. The van der Waals surface area contributed by atoms with Crippen molar-refractivity contribution in [2.24, 2.45) is 5.92 Å². The summed E-state index contributed by atoms with van der Waals surface area (Å²) in [6.07, 6.45) is 8.94. The number of anilines is 2. The smallest absolute Gasteiger partial charge is 0.326 e. The minimum atomic E-state index is -0.486. The Balaban J connectivity index is 1.30. The van der Waals surface area contributed by atoms with E-state index in [0.29, 0.717) is 16.4 Å². The summed E-state index contributed by atoms with van der Waals surface area (Å²) in [5.41, 5.74) is 1.31. The number of amides is 2. The van der Waals surface area contributed by atoms with Crippen molar-refractivity contribution in [3.05, 3.63) is 72.3 Å². The number of carbonyl (C=O) groups excluding carboxylic acids is 2. The number of thiazole rings is 1. The lowest BCUT2D eigenvalue weighted by Gasteiger charge is -2.12. The second kappa shape index (κ2) is 11.7. The topological polar surface area (TPSA) is 113 Å². The zero-order valence-electron chi connectivity index (χ0n) is 19.3. The van der Waals surface area contributed by atoms with E-state index in [9.17, 15) is 9.59 Å². The number of hydrogen-bond donors (Lipinski definition) is 3. The van der Waals surface area contributed by atoms with E-state index in [1.54, 1.807) is 42.5 Å². The highest BCUT2D eigenvalue weighted by atomic mass is 32.2. The number of hydrogen-bond acceptors (Lipinski definition) is 8. The molecule has 0 spiro atoms. The van der Waals surface area contributed by atoms with E-state index in [2.05, 4.69) is 42.7 Å². The fraction of sp³-hybridized carbons (Fsp3) is 0.240. The zero-order chi connectivity index (χ0) is 24.7. The molecule has 4 aromatic rings. The second-order valence-electron chi connectivity index (χ2n) is 8.18. The molecule has 5 rings (SSSR count). The highest BCUT2D eigenvalue weighted by molar-refractivity contribution is 8.01. The van der Waals surface area contributed by atoms with Gasteiger partial charge in [-0.05, 0) is 48.9 Å². The van der Waals surface area contributed by atoms with Crippen LogP contribution >= 0.6 is 34.9 Å². The van der Waals surface area contributed by atoms with Crippen LogP contribution in [0, 0.1) is 5.92 Å². The minimum absolute atomic E-state index is 0.00244. The number of benzene rings is 1. The van der Waals surface area contributed by atoms with Crippen LogP contribution in [-0.2, 0) is 5.75 Å². The Labute approximate surface area is 221 Å². The van der Waals surface area contributed by atoms with Gasteiger partial charge < -0.3 is 4.98 Å². The lowest BCUT2D eigenvalue weighted by atomic mass is 9.97. The van der Waals surface area contributed by atoms with Gasteiger partial charge >= 0.3 is 6.03 Å². The maximum Gasteiger partial charge on any atom is 0.326 e. The number of carbonyl (C=O) groups is 2. The fourth-order valence-electron chi connectivity index (χ4n) is 3.97. The van der Waals surface area contributed by atoms with Crippen molar-refractivity contribution in [1.29, 1.82) is 0 Å². The fourth-order valence-corrected chi connectivity index (χ4v) is 7.02. The summed E-state index contributed by atoms with van der Waals surface area (Å²) in [7, 11) is 0. The molecule has 11 heteroatoms. The summed E-state index contributed by atoms with van der Waals surface area (Å²) >= 11 is 4.53. The number of urea groups is 1. The van der Waals surface area contributed by atoms with Gasteiger partial charge in [-0.2, -0.15) is 0 Å². The van der Waals surface area contributed by atoms with Gasteiger partial charge in [-0.25, -0.2) is 19.7 Å². The molecule has 3 heterocycles. The number of nitrogens with zero attached hydrogens (tertiary/aromatic N) is 3. The number of imidazole rings is 1. The molecule has 0 unspecified atom stereocenters. The molecule has 1 saturated carbocycles. The molecule has 36 heavy (non-hydrogen) atoms. The first-order valence-corrected chi connectivity index (χ1v) is 14.2. The van der Waals surface area contributed by atoms with Gasteiger partial charge in [-0.3, -0.25) is 15.4 Å². The molecule has 3 N–H and O–H groups in total. The number of aromatic nitrogens is 4. The van der Waals surface area contributed by atoms with Crippen LogP contribution in [0.1, 0.15) is 41.7 Å². The summed E-state index contributed by atoms with van der Waals surface area (Å²) < 4.78 is 0.943. The Bertz CT molecular complexity index is 1320. The predicted molar refractivity (Wildman–Crippen MR) is 144 cm³/mol. The lowest BCUT2D eigenvalue weighted by Crippen LogP contribution is -2.23. The Morgan fingerprint density at radius 1 is 1.03 bits per heavy atom. The van der Waals surface area contributed by atoms with Crippen LogP contribution in [-0.4, -0.2) is 31.8 Å². The summed E-state index contributed by atoms with van der Waals surface area (Å²) in [6, 6.07) is 13.1. The number of nitrogens with one attached hydrogen (secondary N) is 3. The Morgan fingerprint density at radius 2 is 1.86 bits per heavy atom.